The first-order valence-corrected chi connectivity index (χ1v) is 7.42. The second-order valence-electron chi connectivity index (χ2n) is 5.59. The van der Waals surface area contributed by atoms with Gasteiger partial charge in [0, 0.05) is 32.4 Å². The lowest BCUT2D eigenvalue weighted by atomic mass is 10.1. The van der Waals surface area contributed by atoms with Crippen LogP contribution in [-0.4, -0.2) is 37.6 Å². The summed E-state index contributed by atoms with van der Waals surface area (Å²) >= 11 is 0. The Balaban J connectivity index is 2.00. The van der Waals surface area contributed by atoms with E-state index < -0.39 is 0 Å². The highest BCUT2D eigenvalue weighted by Gasteiger charge is 2.19. The van der Waals surface area contributed by atoms with Crippen molar-refractivity contribution in [2.24, 2.45) is 7.05 Å². The van der Waals surface area contributed by atoms with Crippen LogP contribution in [0.25, 0.3) is 0 Å². The molecule has 0 fully saturated rings. The maximum Gasteiger partial charge on any atom is 0.223 e. The van der Waals surface area contributed by atoms with Crippen molar-refractivity contribution in [1.29, 1.82) is 0 Å². The number of carbonyl (C=O) groups is 1. The summed E-state index contributed by atoms with van der Waals surface area (Å²) in [6, 6.07) is 1.77. The van der Waals surface area contributed by atoms with E-state index in [0.29, 0.717) is 12.8 Å². The summed E-state index contributed by atoms with van der Waals surface area (Å²) in [5, 5.41) is 4.39. The predicted molar refractivity (Wildman–Crippen MR) is 84.2 cm³/mol. The lowest BCUT2D eigenvalue weighted by Crippen LogP contribution is -2.30. The topological polar surface area (TPSA) is 63.9 Å². The summed E-state index contributed by atoms with van der Waals surface area (Å²) in [7, 11) is 3.75. The molecule has 1 unspecified atom stereocenters. The normalized spacial score (nSPS) is 12.2. The van der Waals surface area contributed by atoms with Crippen LogP contribution in [0.5, 0.6) is 0 Å². The number of rotatable bonds is 5. The van der Waals surface area contributed by atoms with Crippen LogP contribution in [0.15, 0.2) is 18.6 Å². The molecule has 0 aliphatic rings. The Morgan fingerprint density at radius 2 is 2.14 bits per heavy atom. The molecule has 0 spiro atoms. The van der Waals surface area contributed by atoms with E-state index in [9.17, 15) is 4.79 Å². The molecule has 0 N–H and O–H groups in total. The van der Waals surface area contributed by atoms with Crippen molar-refractivity contribution in [2.45, 2.75) is 39.7 Å². The molecule has 0 saturated heterocycles. The van der Waals surface area contributed by atoms with Gasteiger partial charge in [-0.3, -0.25) is 9.48 Å². The minimum Gasteiger partial charge on any atom is -0.337 e. The molecule has 0 radical (unpaired) electrons. The van der Waals surface area contributed by atoms with Crippen LogP contribution in [0.3, 0.4) is 0 Å². The van der Waals surface area contributed by atoms with Gasteiger partial charge in [0.2, 0.25) is 5.91 Å². The zero-order valence-corrected chi connectivity index (χ0v) is 13.9. The number of amides is 1. The third kappa shape index (κ3) is 3.32. The first-order valence-electron chi connectivity index (χ1n) is 7.42. The molecule has 1 amide bonds. The van der Waals surface area contributed by atoms with E-state index in [1.165, 1.54) is 11.9 Å². The van der Waals surface area contributed by atoms with E-state index in [0.717, 1.165) is 17.1 Å². The summed E-state index contributed by atoms with van der Waals surface area (Å²) in [5.41, 5.74) is 4.13. The number of aromatic nitrogens is 4. The molecule has 0 aliphatic carbocycles. The number of carbonyl (C=O) groups excluding carboxylic acids is 1. The molecular weight excluding hydrogens is 278 g/mol. The summed E-state index contributed by atoms with van der Waals surface area (Å²) in [6.45, 7) is 5.99. The van der Waals surface area contributed by atoms with Gasteiger partial charge in [-0.05, 0) is 38.8 Å². The third-order valence-corrected chi connectivity index (χ3v) is 4.25. The van der Waals surface area contributed by atoms with Gasteiger partial charge >= 0.3 is 0 Å². The largest absolute Gasteiger partial charge is 0.337 e. The molecule has 2 rings (SSSR count). The molecule has 22 heavy (non-hydrogen) atoms. The van der Waals surface area contributed by atoms with Gasteiger partial charge in [0.1, 0.15) is 6.33 Å². The number of nitrogens with zero attached hydrogens (tertiary/aromatic N) is 5. The maximum absolute atomic E-state index is 12.4. The quantitative estimate of drug-likeness (QED) is 0.847. The Bertz CT molecular complexity index is 650. The average Bonchev–Trinajstić information content (AvgIpc) is 2.77. The van der Waals surface area contributed by atoms with Gasteiger partial charge in [-0.25, -0.2) is 9.97 Å². The molecule has 6 heteroatoms. The summed E-state index contributed by atoms with van der Waals surface area (Å²) in [6.07, 6.45) is 4.39. The Hall–Kier alpha value is -2.24. The Kier molecular flexibility index (Phi) is 4.90. The highest BCUT2D eigenvalue weighted by Crippen LogP contribution is 2.19. The summed E-state index contributed by atoms with van der Waals surface area (Å²) < 4.78 is 1.86. The fourth-order valence-electron chi connectivity index (χ4n) is 2.55. The number of hydrogen-bond acceptors (Lipinski definition) is 4. The Morgan fingerprint density at radius 3 is 2.68 bits per heavy atom. The third-order valence-electron chi connectivity index (χ3n) is 4.25. The van der Waals surface area contributed by atoms with Gasteiger partial charge in [0.15, 0.2) is 0 Å². The lowest BCUT2D eigenvalue weighted by Gasteiger charge is -2.24. The van der Waals surface area contributed by atoms with Crippen LogP contribution in [0, 0.1) is 13.8 Å². The molecule has 0 aliphatic heterocycles. The van der Waals surface area contributed by atoms with E-state index in [2.05, 4.69) is 15.1 Å². The van der Waals surface area contributed by atoms with Crippen molar-refractivity contribution < 1.29 is 4.79 Å². The molecule has 0 bridgehead atoms. The number of hydrogen-bond donors (Lipinski definition) is 0. The van der Waals surface area contributed by atoms with Crippen molar-refractivity contribution in [2.75, 3.05) is 7.05 Å². The molecule has 1 atom stereocenters. The minimum absolute atomic E-state index is 0.0633. The van der Waals surface area contributed by atoms with Crippen LogP contribution < -0.4 is 0 Å². The minimum atomic E-state index is -0.0633. The van der Waals surface area contributed by atoms with Crippen LogP contribution in [0.4, 0.5) is 0 Å². The maximum atomic E-state index is 12.4. The standard InChI is InChI=1S/C16H23N5O/c1-11-14(12(2)21(5)19-11)6-7-16(22)20(4)13(3)15-8-9-17-10-18-15/h8-10,13H,6-7H2,1-5H3. The molecular formula is C16H23N5O. The van der Waals surface area contributed by atoms with Crippen molar-refractivity contribution in [3.63, 3.8) is 0 Å². The van der Waals surface area contributed by atoms with Crippen molar-refractivity contribution in [3.05, 3.63) is 41.2 Å². The molecule has 0 aromatic carbocycles. The predicted octanol–water partition coefficient (Wildman–Crippen LogP) is 1.98. The second-order valence-corrected chi connectivity index (χ2v) is 5.59. The van der Waals surface area contributed by atoms with E-state index in [-0.39, 0.29) is 11.9 Å². The molecule has 118 valence electrons. The summed E-state index contributed by atoms with van der Waals surface area (Å²) in [4.78, 5) is 22.3. The van der Waals surface area contributed by atoms with Gasteiger partial charge in [0.05, 0.1) is 17.4 Å². The lowest BCUT2D eigenvalue weighted by molar-refractivity contribution is -0.131. The van der Waals surface area contributed by atoms with E-state index >= 15 is 0 Å². The molecule has 2 heterocycles. The fraction of sp³-hybridized carbons (Fsp3) is 0.500. The first kappa shape index (κ1) is 16.1. The summed E-state index contributed by atoms with van der Waals surface area (Å²) in [5.74, 6) is 0.105. The van der Waals surface area contributed by atoms with Crippen LogP contribution >= 0.6 is 0 Å². The van der Waals surface area contributed by atoms with Gasteiger partial charge in [-0.1, -0.05) is 0 Å². The number of aryl methyl sites for hydroxylation is 2. The van der Waals surface area contributed by atoms with Gasteiger partial charge in [-0.15, -0.1) is 0 Å². The van der Waals surface area contributed by atoms with Gasteiger partial charge in [0.25, 0.3) is 0 Å². The Labute approximate surface area is 131 Å². The zero-order chi connectivity index (χ0) is 16.3. The van der Waals surface area contributed by atoms with Crippen molar-refractivity contribution in [1.82, 2.24) is 24.6 Å². The zero-order valence-electron chi connectivity index (χ0n) is 13.9. The van der Waals surface area contributed by atoms with Crippen LogP contribution in [0.2, 0.25) is 0 Å². The van der Waals surface area contributed by atoms with Crippen molar-refractivity contribution in [3.8, 4) is 0 Å². The monoisotopic (exact) mass is 301 g/mol. The highest BCUT2D eigenvalue weighted by molar-refractivity contribution is 5.76. The molecule has 2 aromatic rings. The molecule has 2 aromatic heterocycles. The Morgan fingerprint density at radius 1 is 1.41 bits per heavy atom. The van der Waals surface area contributed by atoms with E-state index in [1.54, 1.807) is 11.1 Å². The van der Waals surface area contributed by atoms with E-state index in [1.807, 2.05) is 45.6 Å². The first-order chi connectivity index (χ1) is 10.4. The fourth-order valence-corrected chi connectivity index (χ4v) is 2.55. The second kappa shape index (κ2) is 6.68. The molecule has 6 nitrogen and oxygen atoms in total. The average molecular weight is 301 g/mol. The van der Waals surface area contributed by atoms with Gasteiger partial charge in [-0.2, -0.15) is 5.10 Å². The SMILES string of the molecule is Cc1nn(C)c(C)c1CCC(=O)N(C)C(C)c1ccncn1. The van der Waals surface area contributed by atoms with Crippen molar-refractivity contribution >= 4 is 5.91 Å². The van der Waals surface area contributed by atoms with E-state index in [4.69, 9.17) is 0 Å². The van der Waals surface area contributed by atoms with Crippen LogP contribution in [0.1, 0.15) is 42.0 Å². The van der Waals surface area contributed by atoms with Crippen LogP contribution in [-0.2, 0) is 18.3 Å². The highest BCUT2D eigenvalue weighted by atomic mass is 16.2. The smallest absolute Gasteiger partial charge is 0.223 e. The molecule has 0 saturated carbocycles. The van der Waals surface area contributed by atoms with Gasteiger partial charge < -0.3 is 4.90 Å².